The Hall–Kier alpha value is -2.53. The largest absolute Gasteiger partial charge is 0.445 e. The smallest absolute Gasteiger partial charge is 0.408 e. The lowest BCUT2D eigenvalue weighted by Crippen LogP contribution is -2.30. The number of fused-ring (bicyclic) bond motifs is 1. The summed E-state index contributed by atoms with van der Waals surface area (Å²) < 4.78 is 5.39. The zero-order chi connectivity index (χ0) is 18.2. The van der Waals surface area contributed by atoms with E-state index in [0.717, 1.165) is 34.2 Å². The topological polar surface area (TPSA) is 51.2 Å². The fraction of sp³-hybridized carbons (Fsp3) is 0.238. The number of carbonyl (C=O) groups is 1. The molecule has 1 N–H and O–H groups in total. The summed E-state index contributed by atoms with van der Waals surface area (Å²) in [6.07, 6.45) is 4.22. The maximum atomic E-state index is 12.3. The number of hydrogen-bond donors (Lipinski definition) is 1. The fourth-order valence-corrected chi connectivity index (χ4v) is 3.31. The van der Waals surface area contributed by atoms with Gasteiger partial charge in [0, 0.05) is 11.6 Å². The van der Waals surface area contributed by atoms with E-state index in [4.69, 9.17) is 4.74 Å². The van der Waals surface area contributed by atoms with Gasteiger partial charge in [-0.1, -0.05) is 54.6 Å². The maximum Gasteiger partial charge on any atom is 0.408 e. The number of amides is 1. The number of nitrogens with one attached hydrogen (secondary N) is 1. The first-order chi connectivity index (χ1) is 12.8. The number of thioether (sulfide) groups is 1. The molecule has 4 nitrogen and oxygen atoms in total. The molecule has 0 aliphatic heterocycles. The Morgan fingerprint density at radius 3 is 2.69 bits per heavy atom. The summed E-state index contributed by atoms with van der Waals surface area (Å²) in [6, 6.07) is 19.6. The van der Waals surface area contributed by atoms with Crippen molar-refractivity contribution in [2.75, 3.05) is 12.0 Å². The zero-order valence-electron chi connectivity index (χ0n) is 14.7. The summed E-state index contributed by atoms with van der Waals surface area (Å²) in [6.45, 7) is 0.255. The first kappa shape index (κ1) is 18.3. The molecule has 0 radical (unpaired) electrons. The Morgan fingerprint density at radius 2 is 1.88 bits per heavy atom. The van der Waals surface area contributed by atoms with E-state index in [2.05, 4.69) is 22.6 Å². The van der Waals surface area contributed by atoms with Crippen LogP contribution in [0, 0.1) is 0 Å². The molecule has 0 aliphatic rings. The van der Waals surface area contributed by atoms with Crippen molar-refractivity contribution in [1.82, 2.24) is 10.3 Å². The van der Waals surface area contributed by atoms with Crippen LogP contribution in [0.15, 0.2) is 66.9 Å². The molecule has 0 bridgehead atoms. The van der Waals surface area contributed by atoms with Gasteiger partial charge in [0.25, 0.3) is 0 Å². The number of rotatable bonds is 7. The summed E-state index contributed by atoms with van der Waals surface area (Å²) in [7, 11) is 0. The van der Waals surface area contributed by atoms with Gasteiger partial charge in [-0.25, -0.2) is 4.79 Å². The van der Waals surface area contributed by atoms with Crippen molar-refractivity contribution in [3.8, 4) is 0 Å². The number of nitrogens with zero attached hydrogens (tertiary/aromatic N) is 1. The van der Waals surface area contributed by atoms with Crippen LogP contribution in [0.1, 0.15) is 23.7 Å². The van der Waals surface area contributed by atoms with Crippen LogP contribution in [0.3, 0.4) is 0 Å². The van der Waals surface area contributed by atoms with Crippen LogP contribution in [0.25, 0.3) is 10.8 Å². The highest BCUT2D eigenvalue weighted by atomic mass is 32.2. The van der Waals surface area contributed by atoms with Crippen molar-refractivity contribution in [3.63, 3.8) is 0 Å². The molecule has 0 aliphatic carbocycles. The average Bonchev–Trinajstić information content (AvgIpc) is 2.70. The summed E-state index contributed by atoms with van der Waals surface area (Å²) in [5, 5.41) is 5.17. The van der Waals surface area contributed by atoms with E-state index in [1.54, 1.807) is 18.0 Å². The molecule has 3 rings (SSSR count). The maximum absolute atomic E-state index is 12.3. The van der Waals surface area contributed by atoms with E-state index in [1.165, 1.54) is 0 Å². The molecule has 0 saturated carbocycles. The van der Waals surface area contributed by atoms with Crippen molar-refractivity contribution >= 4 is 28.6 Å². The van der Waals surface area contributed by atoms with Crippen molar-refractivity contribution in [3.05, 3.63) is 78.1 Å². The van der Waals surface area contributed by atoms with Crippen LogP contribution in [-0.4, -0.2) is 23.1 Å². The fourth-order valence-electron chi connectivity index (χ4n) is 2.84. The van der Waals surface area contributed by atoms with Crippen molar-refractivity contribution in [1.29, 1.82) is 0 Å². The Morgan fingerprint density at radius 1 is 1.12 bits per heavy atom. The van der Waals surface area contributed by atoms with E-state index >= 15 is 0 Å². The second-order valence-electron chi connectivity index (χ2n) is 5.96. The number of alkyl carbamates (subject to hydrolysis) is 1. The Kier molecular flexibility index (Phi) is 6.50. The van der Waals surface area contributed by atoms with Gasteiger partial charge in [0.2, 0.25) is 0 Å². The number of carbonyl (C=O) groups excluding carboxylic acids is 1. The molecule has 1 amide bonds. The quantitative estimate of drug-likeness (QED) is 0.642. The number of benzene rings is 2. The minimum Gasteiger partial charge on any atom is -0.445 e. The highest BCUT2D eigenvalue weighted by molar-refractivity contribution is 7.98. The van der Waals surface area contributed by atoms with Crippen LogP contribution in [0.4, 0.5) is 4.79 Å². The highest BCUT2D eigenvalue weighted by Crippen LogP contribution is 2.25. The van der Waals surface area contributed by atoms with Gasteiger partial charge >= 0.3 is 6.09 Å². The molecular formula is C21H22N2O2S. The predicted molar refractivity (Wildman–Crippen MR) is 107 cm³/mol. The third-order valence-corrected chi connectivity index (χ3v) is 4.79. The van der Waals surface area contributed by atoms with Gasteiger partial charge in [-0.05, 0) is 35.4 Å². The molecule has 0 spiro atoms. The minimum absolute atomic E-state index is 0.183. The van der Waals surface area contributed by atoms with Gasteiger partial charge in [0.1, 0.15) is 6.61 Å². The lowest BCUT2D eigenvalue weighted by molar-refractivity contribution is 0.135. The normalized spacial score (nSPS) is 11.9. The summed E-state index contributed by atoms with van der Waals surface area (Å²) in [5.74, 6) is 0.925. The molecule has 0 saturated heterocycles. The molecule has 1 heterocycles. The van der Waals surface area contributed by atoms with Gasteiger partial charge in [-0.3, -0.25) is 4.98 Å². The van der Waals surface area contributed by atoms with Crippen LogP contribution in [-0.2, 0) is 11.3 Å². The van der Waals surface area contributed by atoms with Gasteiger partial charge in [0.15, 0.2) is 0 Å². The molecule has 26 heavy (non-hydrogen) atoms. The van der Waals surface area contributed by atoms with Crippen LogP contribution in [0.5, 0.6) is 0 Å². The molecule has 1 atom stereocenters. The first-order valence-corrected chi connectivity index (χ1v) is 9.97. The second-order valence-corrected chi connectivity index (χ2v) is 6.94. The molecule has 0 fully saturated rings. The lowest BCUT2D eigenvalue weighted by Gasteiger charge is -2.19. The Bertz CT molecular complexity index is 850. The van der Waals surface area contributed by atoms with Crippen molar-refractivity contribution in [2.45, 2.75) is 19.1 Å². The van der Waals surface area contributed by atoms with Gasteiger partial charge in [-0.2, -0.15) is 11.8 Å². The van der Waals surface area contributed by atoms with Crippen LogP contribution >= 0.6 is 11.8 Å². The summed E-state index contributed by atoms with van der Waals surface area (Å²) in [5.41, 5.74) is 1.85. The van der Waals surface area contributed by atoms with E-state index in [9.17, 15) is 4.79 Å². The molecule has 1 aromatic heterocycles. The van der Waals surface area contributed by atoms with Crippen LogP contribution in [0.2, 0.25) is 0 Å². The van der Waals surface area contributed by atoms with E-state index in [-0.39, 0.29) is 12.6 Å². The number of hydrogen-bond acceptors (Lipinski definition) is 4. The first-order valence-electron chi connectivity index (χ1n) is 8.57. The summed E-state index contributed by atoms with van der Waals surface area (Å²) in [4.78, 5) is 16.9. The Labute approximate surface area is 158 Å². The monoisotopic (exact) mass is 366 g/mol. The Balaban J connectivity index is 1.74. The van der Waals surface area contributed by atoms with E-state index in [1.807, 2.05) is 54.6 Å². The SMILES string of the molecule is CSCCC(NC(=O)OCc1ccccc1)c1nccc2ccccc12. The molecule has 2 aromatic carbocycles. The van der Waals surface area contributed by atoms with Crippen LogP contribution < -0.4 is 5.32 Å². The third-order valence-electron chi connectivity index (χ3n) is 4.15. The molecular weight excluding hydrogens is 344 g/mol. The van der Waals surface area contributed by atoms with E-state index < -0.39 is 6.09 Å². The average molecular weight is 366 g/mol. The molecule has 134 valence electrons. The number of ether oxygens (including phenoxy) is 1. The minimum atomic E-state index is -0.422. The van der Waals surface area contributed by atoms with Crippen molar-refractivity contribution < 1.29 is 9.53 Å². The molecule has 5 heteroatoms. The molecule has 3 aromatic rings. The van der Waals surface area contributed by atoms with E-state index in [0.29, 0.717) is 0 Å². The van der Waals surface area contributed by atoms with Gasteiger partial charge < -0.3 is 10.1 Å². The van der Waals surface area contributed by atoms with Crippen molar-refractivity contribution in [2.24, 2.45) is 0 Å². The highest BCUT2D eigenvalue weighted by Gasteiger charge is 2.19. The third kappa shape index (κ3) is 4.76. The number of aromatic nitrogens is 1. The van der Waals surface area contributed by atoms with Gasteiger partial charge in [0.05, 0.1) is 11.7 Å². The summed E-state index contributed by atoms with van der Waals surface area (Å²) >= 11 is 1.75. The lowest BCUT2D eigenvalue weighted by atomic mass is 10.0. The van der Waals surface area contributed by atoms with Gasteiger partial charge in [-0.15, -0.1) is 0 Å². The predicted octanol–water partition coefficient (Wildman–Crippen LogP) is 4.96. The molecule has 1 unspecified atom stereocenters. The number of pyridine rings is 1. The zero-order valence-corrected chi connectivity index (χ0v) is 15.5. The standard InChI is InChI=1S/C21H22N2O2S/c1-26-14-12-19(20-18-10-6-5-9-17(18)11-13-22-20)23-21(24)25-15-16-7-3-2-4-8-16/h2-11,13,19H,12,14-15H2,1H3,(H,23,24). The second kappa shape index (κ2) is 9.25.